The van der Waals surface area contributed by atoms with Crippen molar-refractivity contribution in [2.45, 2.75) is 25.5 Å². The van der Waals surface area contributed by atoms with E-state index >= 15 is 0 Å². The van der Waals surface area contributed by atoms with Gasteiger partial charge < -0.3 is 9.12 Å². The number of aryl methyl sites for hydroxylation is 1. The van der Waals surface area contributed by atoms with E-state index in [1.807, 2.05) is 20.8 Å². The van der Waals surface area contributed by atoms with Gasteiger partial charge in [0.25, 0.3) is 5.56 Å². The number of aromatic nitrogens is 1. The maximum atomic E-state index is 11.6. The van der Waals surface area contributed by atoms with Crippen LogP contribution in [0.1, 0.15) is 26.3 Å². The Labute approximate surface area is 98.3 Å². The lowest BCUT2D eigenvalue weighted by molar-refractivity contribution is 0.562. The highest BCUT2D eigenvalue weighted by Gasteiger charge is 2.25. The fraction of sp³-hybridized carbons (Fsp3) is 0.455. The zero-order valence-corrected chi connectivity index (χ0v) is 10.7. The van der Waals surface area contributed by atoms with Crippen molar-refractivity contribution < 1.29 is 4.55 Å². The second kappa shape index (κ2) is 4.84. The normalized spacial score (nSPS) is 14.3. The van der Waals surface area contributed by atoms with Gasteiger partial charge in [0.2, 0.25) is 0 Å². The summed E-state index contributed by atoms with van der Waals surface area (Å²) in [6.45, 7) is 5.55. The van der Waals surface area contributed by atoms with Crippen LogP contribution in [0, 0.1) is 0 Å². The van der Waals surface area contributed by atoms with Gasteiger partial charge in [0.15, 0.2) is 0 Å². The first-order chi connectivity index (χ1) is 7.30. The van der Waals surface area contributed by atoms with Crippen LogP contribution < -0.4 is 5.56 Å². The van der Waals surface area contributed by atoms with Crippen molar-refractivity contribution in [3.05, 3.63) is 34.2 Å². The summed E-state index contributed by atoms with van der Waals surface area (Å²) < 4.78 is 16.6. The van der Waals surface area contributed by atoms with Crippen LogP contribution in [0.5, 0.6) is 0 Å². The number of nitrogens with zero attached hydrogens (tertiary/aromatic N) is 2. The highest BCUT2D eigenvalue weighted by atomic mass is 32.2. The smallest absolute Gasteiger partial charge is 0.250 e. The highest BCUT2D eigenvalue weighted by molar-refractivity contribution is 7.91. The van der Waals surface area contributed by atoms with Gasteiger partial charge >= 0.3 is 0 Å². The van der Waals surface area contributed by atoms with Gasteiger partial charge in [-0.2, -0.15) is 0 Å². The molecule has 0 aromatic carbocycles. The van der Waals surface area contributed by atoms with Gasteiger partial charge in [-0.25, -0.2) is 0 Å². The van der Waals surface area contributed by atoms with Crippen LogP contribution in [0.2, 0.25) is 0 Å². The second-order valence-corrected chi connectivity index (χ2v) is 6.44. The Bertz CT molecular complexity index is 446. The van der Waals surface area contributed by atoms with Crippen molar-refractivity contribution in [2.75, 3.05) is 0 Å². The van der Waals surface area contributed by atoms with E-state index in [0.717, 1.165) is 0 Å². The van der Waals surface area contributed by atoms with E-state index in [0.29, 0.717) is 5.56 Å². The predicted octanol–water partition coefficient (Wildman–Crippen LogP) is 1.27. The number of hydrogen-bond acceptors (Lipinski definition) is 3. The molecule has 0 saturated carbocycles. The molecule has 1 aromatic heterocycles. The van der Waals surface area contributed by atoms with Crippen molar-refractivity contribution in [3.63, 3.8) is 0 Å². The molecule has 4 nitrogen and oxygen atoms in total. The van der Waals surface area contributed by atoms with Gasteiger partial charge in [-0.3, -0.25) is 4.79 Å². The average molecular weight is 240 g/mol. The summed E-state index contributed by atoms with van der Waals surface area (Å²) in [6, 6.07) is 3.22. The van der Waals surface area contributed by atoms with Crippen molar-refractivity contribution in [2.24, 2.45) is 11.4 Å². The lowest BCUT2D eigenvalue weighted by Gasteiger charge is -2.17. The second-order valence-electron chi connectivity index (χ2n) is 4.51. The number of hydrogen-bond donors (Lipinski definition) is 0. The molecule has 0 aliphatic carbocycles. The Balaban J connectivity index is 2.85. The Morgan fingerprint density at radius 3 is 2.62 bits per heavy atom. The third kappa shape index (κ3) is 3.50. The minimum absolute atomic E-state index is 0.106. The summed E-state index contributed by atoms with van der Waals surface area (Å²) in [7, 11) is 1.68. The van der Waals surface area contributed by atoms with Gasteiger partial charge in [-0.1, -0.05) is 4.40 Å². The van der Waals surface area contributed by atoms with Crippen molar-refractivity contribution in [1.82, 2.24) is 4.57 Å². The predicted molar refractivity (Wildman–Crippen MR) is 67.2 cm³/mol. The van der Waals surface area contributed by atoms with Crippen molar-refractivity contribution >= 4 is 17.6 Å². The number of rotatable bonds is 2. The van der Waals surface area contributed by atoms with E-state index in [2.05, 4.69) is 4.40 Å². The third-order valence-electron chi connectivity index (χ3n) is 1.95. The zero-order valence-electron chi connectivity index (χ0n) is 9.93. The molecule has 88 valence electrons. The molecule has 1 aromatic rings. The molecule has 1 rings (SSSR count). The van der Waals surface area contributed by atoms with Crippen LogP contribution >= 0.6 is 0 Å². The molecule has 0 radical (unpaired) electrons. The van der Waals surface area contributed by atoms with Crippen LogP contribution in [0.15, 0.2) is 27.5 Å². The fourth-order valence-corrected chi connectivity index (χ4v) is 1.44. The Kier molecular flexibility index (Phi) is 3.93. The Morgan fingerprint density at radius 1 is 1.50 bits per heavy atom. The van der Waals surface area contributed by atoms with E-state index in [1.165, 1.54) is 16.8 Å². The Morgan fingerprint density at radius 2 is 2.12 bits per heavy atom. The van der Waals surface area contributed by atoms with Crippen LogP contribution in [0.3, 0.4) is 0 Å². The fourth-order valence-electron chi connectivity index (χ4n) is 0.911. The highest BCUT2D eigenvalue weighted by Crippen LogP contribution is 2.16. The number of pyridine rings is 1. The van der Waals surface area contributed by atoms with Gasteiger partial charge in [-0.15, -0.1) is 0 Å². The Hall–Kier alpha value is -1.07. The zero-order chi connectivity index (χ0) is 12.3. The molecule has 5 heteroatoms. The summed E-state index contributed by atoms with van der Waals surface area (Å²) in [5, 5.41) is 0. The summed E-state index contributed by atoms with van der Waals surface area (Å²) in [6.07, 6.45) is 3.13. The summed E-state index contributed by atoms with van der Waals surface area (Å²) >= 11 is -1.29. The maximum Gasteiger partial charge on any atom is 0.250 e. The van der Waals surface area contributed by atoms with Gasteiger partial charge in [0, 0.05) is 24.9 Å². The van der Waals surface area contributed by atoms with E-state index < -0.39 is 11.4 Å². The summed E-state index contributed by atoms with van der Waals surface area (Å²) in [4.78, 5) is 11.3. The molecular formula is C11H16N2O2S. The first-order valence-electron chi connectivity index (χ1n) is 4.93. The average Bonchev–Trinajstić information content (AvgIpc) is 2.18. The lowest BCUT2D eigenvalue weighted by Crippen LogP contribution is -2.26. The third-order valence-corrected chi connectivity index (χ3v) is 3.29. The molecule has 1 unspecified atom stereocenters. The van der Waals surface area contributed by atoms with Gasteiger partial charge in [0.1, 0.15) is 16.1 Å². The molecule has 0 fully saturated rings. The van der Waals surface area contributed by atoms with E-state index in [-0.39, 0.29) is 10.3 Å². The molecule has 0 bridgehead atoms. The van der Waals surface area contributed by atoms with E-state index in [4.69, 9.17) is 0 Å². The van der Waals surface area contributed by atoms with E-state index in [1.54, 1.807) is 19.3 Å². The molecule has 0 aliphatic rings. The largest absolute Gasteiger partial charge is 0.591 e. The maximum absolute atomic E-state index is 11.6. The monoisotopic (exact) mass is 240 g/mol. The van der Waals surface area contributed by atoms with Crippen molar-refractivity contribution in [3.8, 4) is 0 Å². The lowest BCUT2D eigenvalue weighted by atomic mass is 10.3. The molecule has 0 spiro atoms. The molecular weight excluding hydrogens is 224 g/mol. The first kappa shape index (κ1) is 13.0. The molecule has 1 heterocycles. The molecule has 0 amide bonds. The van der Waals surface area contributed by atoms with Crippen LogP contribution in [0.4, 0.5) is 0 Å². The topological polar surface area (TPSA) is 57.4 Å². The van der Waals surface area contributed by atoms with Crippen LogP contribution in [0.25, 0.3) is 0 Å². The molecule has 16 heavy (non-hydrogen) atoms. The first-order valence-corrected chi connectivity index (χ1v) is 6.04. The van der Waals surface area contributed by atoms with E-state index in [9.17, 15) is 9.35 Å². The quantitative estimate of drug-likeness (QED) is 0.577. The summed E-state index contributed by atoms with van der Waals surface area (Å²) in [5.41, 5.74) is 0.561. The molecule has 1 atom stereocenters. The molecule has 0 N–H and O–H groups in total. The van der Waals surface area contributed by atoms with Gasteiger partial charge in [0.05, 0.1) is 6.21 Å². The minimum Gasteiger partial charge on any atom is -0.591 e. The SMILES string of the molecule is Cn1ccc(/C=N/[S+]([O-])C(C)(C)C)cc1=O. The van der Waals surface area contributed by atoms with Crippen LogP contribution in [-0.2, 0) is 18.4 Å². The molecule has 0 aliphatic heterocycles. The van der Waals surface area contributed by atoms with Gasteiger partial charge in [-0.05, 0) is 26.8 Å². The minimum atomic E-state index is -1.29. The van der Waals surface area contributed by atoms with Crippen molar-refractivity contribution in [1.29, 1.82) is 0 Å². The van der Waals surface area contributed by atoms with Crippen LogP contribution in [-0.4, -0.2) is 20.1 Å². The molecule has 0 saturated heterocycles. The standard InChI is InChI=1S/C11H16N2O2S/c1-11(2,3)16(15)12-8-9-5-6-13(4)10(14)7-9/h5-8H,1-4H3/b12-8+. The summed E-state index contributed by atoms with van der Waals surface area (Å²) in [5.74, 6) is 0.